The molecule has 2 aromatic rings. The molecule has 0 saturated carbocycles. The topological polar surface area (TPSA) is 38.9 Å². The Balaban J connectivity index is 2.82. The highest BCUT2D eigenvalue weighted by Crippen LogP contribution is 2.28. The van der Waals surface area contributed by atoms with Crippen molar-refractivity contribution in [3.63, 3.8) is 0 Å². The summed E-state index contributed by atoms with van der Waals surface area (Å²) in [4.78, 5) is 5.30. The highest BCUT2D eigenvalue weighted by Gasteiger charge is 2.02. The van der Waals surface area contributed by atoms with Crippen LogP contribution in [0, 0.1) is 0 Å². The Kier molecular flexibility index (Phi) is 1.59. The quantitative estimate of drug-likeness (QED) is 0.725. The summed E-state index contributed by atoms with van der Waals surface area (Å²) in [6.45, 7) is 3.70. The van der Waals surface area contributed by atoms with E-state index in [0.717, 1.165) is 20.8 Å². The molecule has 3 heteroatoms. The lowest BCUT2D eigenvalue weighted by molar-refractivity contribution is 1.43. The maximum absolute atomic E-state index is 5.76. The van der Waals surface area contributed by atoms with Crippen molar-refractivity contribution in [1.29, 1.82) is 0 Å². The normalized spacial score (nSPS) is 10.3. The van der Waals surface area contributed by atoms with Gasteiger partial charge < -0.3 is 5.73 Å². The number of nitrogens with zero attached hydrogens (tertiary/aromatic N) is 1. The molecule has 2 N–H and O–H groups in total. The van der Waals surface area contributed by atoms with Crippen molar-refractivity contribution in [2.45, 2.75) is 0 Å². The van der Waals surface area contributed by atoms with Gasteiger partial charge in [0.15, 0.2) is 0 Å². The third kappa shape index (κ3) is 0.987. The fourth-order valence-corrected chi connectivity index (χ4v) is 1.97. The van der Waals surface area contributed by atoms with Crippen molar-refractivity contribution in [3.8, 4) is 0 Å². The van der Waals surface area contributed by atoms with E-state index in [1.165, 1.54) is 0 Å². The van der Waals surface area contributed by atoms with Gasteiger partial charge in [-0.1, -0.05) is 12.7 Å². The first kappa shape index (κ1) is 7.31. The van der Waals surface area contributed by atoms with Crippen molar-refractivity contribution in [3.05, 3.63) is 29.8 Å². The Morgan fingerprint density at radius 3 is 3.08 bits per heavy atom. The van der Waals surface area contributed by atoms with Crippen molar-refractivity contribution in [2.24, 2.45) is 0 Å². The van der Waals surface area contributed by atoms with Crippen LogP contribution in [0.3, 0.4) is 0 Å². The van der Waals surface area contributed by atoms with Crippen LogP contribution in [0.5, 0.6) is 0 Å². The molecule has 0 aromatic carbocycles. The number of anilines is 1. The molecule has 12 heavy (non-hydrogen) atoms. The average Bonchev–Trinajstić information content (AvgIpc) is 2.49. The lowest BCUT2D eigenvalue weighted by Gasteiger charge is -1.91. The zero-order valence-electron chi connectivity index (χ0n) is 6.45. The first-order chi connectivity index (χ1) is 5.81. The highest BCUT2D eigenvalue weighted by molar-refractivity contribution is 7.20. The molecule has 0 spiro atoms. The first-order valence-electron chi connectivity index (χ1n) is 3.58. The van der Waals surface area contributed by atoms with Crippen LogP contribution in [-0.2, 0) is 0 Å². The Hall–Kier alpha value is -1.35. The summed E-state index contributed by atoms with van der Waals surface area (Å²) in [5.74, 6) is 0. The van der Waals surface area contributed by atoms with Crippen LogP contribution < -0.4 is 5.73 Å². The van der Waals surface area contributed by atoms with Crippen molar-refractivity contribution < 1.29 is 0 Å². The molecule has 0 saturated heterocycles. The number of nitrogens with two attached hydrogens (primary N) is 1. The molecule has 0 aliphatic rings. The molecule has 2 nitrogen and oxygen atoms in total. The van der Waals surface area contributed by atoms with E-state index in [0.29, 0.717) is 0 Å². The second-order valence-corrected chi connectivity index (χ2v) is 3.55. The second-order valence-electron chi connectivity index (χ2n) is 2.47. The minimum Gasteiger partial charge on any atom is -0.397 e. The van der Waals surface area contributed by atoms with E-state index >= 15 is 0 Å². The molecular weight excluding hydrogens is 168 g/mol. The molecule has 2 aromatic heterocycles. The summed E-state index contributed by atoms with van der Waals surface area (Å²) >= 11 is 1.62. The predicted molar refractivity (Wildman–Crippen MR) is 54.1 cm³/mol. The van der Waals surface area contributed by atoms with Crippen LogP contribution in [0.4, 0.5) is 5.69 Å². The standard InChI is InChI=1S/C9H8N2S/c1-2-6-5-8-9(12-6)7(10)3-4-11-8/h2-5H,1H2,(H2,10,11). The summed E-state index contributed by atoms with van der Waals surface area (Å²) in [5.41, 5.74) is 7.50. The number of hydrogen-bond acceptors (Lipinski definition) is 3. The second kappa shape index (κ2) is 2.60. The fraction of sp³-hybridized carbons (Fsp3) is 0. The van der Waals surface area contributed by atoms with Crippen LogP contribution in [0.15, 0.2) is 24.9 Å². The molecule has 0 radical (unpaired) electrons. The van der Waals surface area contributed by atoms with Gasteiger partial charge in [0.05, 0.1) is 15.9 Å². The Morgan fingerprint density at radius 1 is 1.58 bits per heavy atom. The summed E-state index contributed by atoms with van der Waals surface area (Å²) < 4.78 is 1.05. The van der Waals surface area contributed by atoms with Gasteiger partial charge in [-0.15, -0.1) is 11.3 Å². The molecule has 0 fully saturated rings. The summed E-state index contributed by atoms with van der Waals surface area (Å²) in [6.07, 6.45) is 3.53. The molecule has 0 bridgehead atoms. The van der Waals surface area contributed by atoms with Crippen LogP contribution >= 0.6 is 11.3 Å². The lowest BCUT2D eigenvalue weighted by atomic mass is 10.3. The van der Waals surface area contributed by atoms with E-state index in [-0.39, 0.29) is 0 Å². The molecule has 0 aliphatic heterocycles. The molecule has 0 amide bonds. The SMILES string of the molecule is C=Cc1cc2nccc(N)c2s1. The van der Waals surface area contributed by atoms with E-state index in [9.17, 15) is 0 Å². The molecule has 0 aliphatic carbocycles. The zero-order valence-corrected chi connectivity index (χ0v) is 7.27. The predicted octanol–water partition coefficient (Wildman–Crippen LogP) is 2.52. The maximum atomic E-state index is 5.76. The summed E-state index contributed by atoms with van der Waals surface area (Å²) in [6, 6.07) is 3.80. The lowest BCUT2D eigenvalue weighted by Crippen LogP contribution is -1.83. The fourth-order valence-electron chi connectivity index (χ4n) is 1.08. The largest absolute Gasteiger partial charge is 0.397 e. The van der Waals surface area contributed by atoms with Gasteiger partial charge in [-0.3, -0.25) is 4.98 Å². The van der Waals surface area contributed by atoms with Gasteiger partial charge in [-0.25, -0.2) is 0 Å². The maximum Gasteiger partial charge on any atom is 0.0836 e. The van der Waals surface area contributed by atoms with Gasteiger partial charge in [0.25, 0.3) is 0 Å². The van der Waals surface area contributed by atoms with Crippen molar-refractivity contribution >= 4 is 33.3 Å². The van der Waals surface area contributed by atoms with E-state index < -0.39 is 0 Å². The molecular formula is C9H8N2S. The van der Waals surface area contributed by atoms with Gasteiger partial charge in [0.1, 0.15) is 0 Å². The van der Waals surface area contributed by atoms with E-state index in [2.05, 4.69) is 11.6 Å². The minimum absolute atomic E-state index is 0.790. The number of hydrogen-bond donors (Lipinski definition) is 1. The average molecular weight is 176 g/mol. The number of rotatable bonds is 1. The molecule has 0 unspecified atom stereocenters. The highest BCUT2D eigenvalue weighted by atomic mass is 32.1. The van der Waals surface area contributed by atoms with E-state index in [1.54, 1.807) is 17.5 Å². The minimum atomic E-state index is 0.790. The number of aromatic nitrogens is 1. The Bertz CT molecular complexity index is 431. The van der Waals surface area contributed by atoms with Gasteiger partial charge in [-0.05, 0) is 12.1 Å². The Labute approximate surface area is 74.4 Å². The van der Waals surface area contributed by atoms with Crippen LogP contribution in [0.25, 0.3) is 16.3 Å². The summed E-state index contributed by atoms with van der Waals surface area (Å²) in [7, 11) is 0. The molecule has 2 heterocycles. The number of nitrogen functional groups attached to an aromatic ring is 1. The van der Waals surface area contributed by atoms with E-state index in [4.69, 9.17) is 5.73 Å². The van der Waals surface area contributed by atoms with Crippen LogP contribution in [0.2, 0.25) is 0 Å². The Morgan fingerprint density at radius 2 is 2.42 bits per heavy atom. The van der Waals surface area contributed by atoms with Gasteiger partial charge in [-0.2, -0.15) is 0 Å². The number of pyridine rings is 1. The smallest absolute Gasteiger partial charge is 0.0836 e. The third-order valence-electron chi connectivity index (χ3n) is 1.66. The zero-order chi connectivity index (χ0) is 8.55. The van der Waals surface area contributed by atoms with E-state index in [1.807, 2.05) is 18.2 Å². The van der Waals surface area contributed by atoms with Crippen LogP contribution in [-0.4, -0.2) is 4.98 Å². The molecule has 0 atom stereocenters. The number of thiophene rings is 1. The van der Waals surface area contributed by atoms with Gasteiger partial charge >= 0.3 is 0 Å². The monoisotopic (exact) mass is 176 g/mol. The third-order valence-corrected chi connectivity index (χ3v) is 2.83. The van der Waals surface area contributed by atoms with Crippen LogP contribution in [0.1, 0.15) is 4.88 Å². The van der Waals surface area contributed by atoms with Crippen molar-refractivity contribution in [2.75, 3.05) is 5.73 Å². The molecule has 60 valence electrons. The summed E-state index contributed by atoms with van der Waals surface area (Å²) in [5, 5.41) is 0. The van der Waals surface area contributed by atoms with Crippen molar-refractivity contribution in [1.82, 2.24) is 4.98 Å². The molecule has 2 rings (SSSR count). The van der Waals surface area contributed by atoms with Gasteiger partial charge in [0.2, 0.25) is 0 Å². The van der Waals surface area contributed by atoms with Gasteiger partial charge in [0, 0.05) is 11.1 Å². The first-order valence-corrected chi connectivity index (χ1v) is 4.39. The number of fused-ring (bicyclic) bond motifs is 1.